The van der Waals surface area contributed by atoms with Crippen LogP contribution in [0.3, 0.4) is 0 Å². The van der Waals surface area contributed by atoms with E-state index in [1.54, 1.807) is 12.1 Å². The molecular formula is C12H15N3O3. The average Bonchev–Trinajstić information content (AvgIpc) is 2.37. The van der Waals surface area contributed by atoms with Gasteiger partial charge in [-0.2, -0.15) is 0 Å². The van der Waals surface area contributed by atoms with Crippen LogP contribution in [0.2, 0.25) is 0 Å². The van der Waals surface area contributed by atoms with Crippen molar-refractivity contribution in [2.75, 3.05) is 0 Å². The highest BCUT2D eigenvalue weighted by Crippen LogP contribution is 2.19. The summed E-state index contributed by atoms with van der Waals surface area (Å²) in [5, 5.41) is 12.8. The van der Waals surface area contributed by atoms with Gasteiger partial charge in [0.15, 0.2) is 5.54 Å². The number of aliphatic hydroxyl groups is 1. The second-order valence-electron chi connectivity index (χ2n) is 4.07. The van der Waals surface area contributed by atoms with Crippen LogP contribution < -0.4 is 0 Å². The molecule has 0 heterocycles. The van der Waals surface area contributed by atoms with Crippen molar-refractivity contribution in [1.29, 1.82) is 0 Å². The van der Waals surface area contributed by atoms with Crippen molar-refractivity contribution in [3.05, 3.63) is 46.3 Å². The van der Waals surface area contributed by atoms with E-state index in [9.17, 15) is 9.90 Å². The number of carbonyl (C=O) groups excluding carboxylic acids is 1. The van der Waals surface area contributed by atoms with Crippen LogP contribution in [0.15, 0.2) is 35.4 Å². The topological polar surface area (TPSA) is 95.3 Å². The number of hydrogen-bond acceptors (Lipinski definition) is 4. The van der Waals surface area contributed by atoms with E-state index >= 15 is 0 Å². The number of hydrogen-bond donors (Lipinski definition) is 1. The van der Waals surface area contributed by atoms with E-state index in [-0.39, 0.29) is 6.61 Å². The molecular weight excluding hydrogens is 234 g/mol. The summed E-state index contributed by atoms with van der Waals surface area (Å²) >= 11 is 0. The molecule has 0 aromatic heterocycles. The fourth-order valence-corrected chi connectivity index (χ4v) is 1.26. The van der Waals surface area contributed by atoms with Crippen molar-refractivity contribution in [2.24, 2.45) is 5.11 Å². The normalized spacial score (nSPS) is 15.1. The first-order chi connectivity index (χ1) is 8.50. The van der Waals surface area contributed by atoms with Gasteiger partial charge >= 0.3 is 5.97 Å². The molecule has 18 heavy (non-hydrogen) atoms. The highest BCUT2D eigenvalue weighted by Gasteiger charge is 2.39. The zero-order valence-corrected chi connectivity index (χ0v) is 10.3. The molecule has 1 aromatic carbocycles. The molecule has 0 amide bonds. The molecule has 0 aliphatic carbocycles. The number of benzene rings is 1. The predicted octanol–water partition coefficient (Wildman–Crippen LogP) is 2.18. The van der Waals surface area contributed by atoms with Gasteiger partial charge < -0.3 is 9.84 Å². The van der Waals surface area contributed by atoms with E-state index in [0.717, 1.165) is 5.56 Å². The molecule has 0 saturated carbocycles. The first-order valence-corrected chi connectivity index (χ1v) is 5.46. The standard InChI is InChI=1S/C12H15N3O3/c1-9(16)12(2,14-15-13)11(17)18-8-10-6-4-3-5-7-10/h3-7,9,16H,8H2,1-2H3/t9-,12-/m0/s1. The summed E-state index contributed by atoms with van der Waals surface area (Å²) in [6, 6.07) is 9.11. The molecule has 2 atom stereocenters. The van der Waals surface area contributed by atoms with Gasteiger partial charge in [-0.25, -0.2) is 0 Å². The molecule has 0 aliphatic rings. The van der Waals surface area contributed by atoms with Crippen molar-refractivity contribution in [1.82, 2.24) is 0 Å². The molecule has 1 N–H and O–H groups in total. The molecule has 0 fully saturated rings. The maximum absolute atomic E-state index is 11.8. The molecule has 0 spiro atoms. The Morgan fingerprint density at radius 3 is 2.67 bits per heavy atom. The third kappa shape index (κ3) is 3.23. The summed E-state index contributed by atoms with van der Waals surface area (Å²) in [4.78, 5) is 14.4. The van der Waals surface area contributed by atoms with Crippen molar-refractivity contribution in [3.8, 4) is 0 Å². The third-order valence-corrected chi connectivity index (χ3v) is 2.69. The fraction of sp³-hybridized carbons (Fsp3) is 0.417. The van der Waals surface area contributed by atoms with Crippen LogP contribution in [0.1, 0.15) is 19.4 Å². The first kappa shape index (κ1) is 14.0. The number of aliphatic hydroxyl groups excluding tert-OH is 1. The lowest BCUT2D eigenvalue weighted by Crippen LogP contribution is -2.44. The molecule has 96 valence electrons. The number of carbonyl (C=O) groups is 1. The van der Waals surface area contributed by atoms with Gasteiger partial charge in [0.05, 0.1) is 6.10 Å². The van der Waals surface area contributed by atoms with Gasteiger partial charge in [-0.15, -0.1) is 0 Å². The molecule has 0 bridgehead atoms. The van der Waals surface area contributed by atoms with Gasteiger partial charge in [-0.1, -0.05) is 35.4 Å². The maximum atomic E-state index is 11.8. The maximum Gasteiger partial charge on any atom is 0.320 e. The second kappa shape index (κ2) is 6.05. The smallest absolute Gasteiger partial charge is 0.320 e. The Morgan fingerprint density at radius 1 is 1.56 bits per heavy atom. The molecule has 0 aliphatic heterocycles. The lowest BCUT2D eigenvalue weighted by atomic mass is 9.97. The van der Waals surface area contributed by atoms with Crippen molar-refractivity contribution < 1.29 is 14.6 Å². The van der Waals surface area contributed by atoms with Gasteiger partial charge in [-0.05, 0) is 24.9 Å². The van der Waals surface area contributed by atoms with E-state index in [2.05, 4.69) is 10.0 Å². The molecule has 0 radical (unpaired) electrons. The molecule has 6 nitrogen and oxygen atoms in total. The Balaban J connectivity index is 2.72. The van der Waals surface area contributed by atoms with E-state index in [1.807, 2.05) is 18.2 Å². The minimum absolute atomic E-state index is 0.0724. The molecule has 0 unspecified atom stereocenters. The quantitative estimate of drug-likeness (QED) is 0.375. The minimum atomic E-state index is -1.61. The lowest BCUT2D eigenvalue weighted by molar-refractivity contribution is -0.154. The number of nitrogens with zero attached hydrogens (tertiary/aromatic N) is 3. The Labute approximate surface area is 105 Å². The van der Waals surface area contributed by atoms with Crippen LogP contribution in [-0.4, -0.2) is 22.7 Å². The summed E-state index contributed by atoms with van der Waals surface area (Å²) in [5.74, 6) is -0.751. The number of esters is 1. The third-order valence-electron chi connectivity index (χ3n) is 2.69. The monoisotopic (exact) mass is 249 g/mol. The Hall–Kier alpha value is -2.04. The van der Waals surface area contributed by atoms with Crippen LogP contribution in [-0.2, 0) is 16.1 Å². The predicted molar refractivity (Wildman–Crippen MR) is 65.5 cm³/mol. The lowest BCUT2D eigenvalue weighted by Gasteiger charge is -2.24. The SMILES string of the molecule is C[C@H](O)[C@](C)(N=[N+]=[N-])C(=O)OCc1ccccc1. The van der Waals surface area contributed by atoms with Crippen LogP contribution in [0.4, 0.5) is 0 Å². The van der Waals surface area contributed by atoms with Crippen LogP contribution in [0, 0.1) is 0 Å². The zero-order valence-electron chi connectivity index (χ0n) is 10.3. The molecule has 0 saturated heterocycles. The van der Waals surface area contributed by atoms with E-state index < -0.39 is 17.6 Å². The first-order valence-electron chi connectivity index (χ1n) is 5.46. The fourth-order valence-electron chi connectivity index (χ4n) is 1.26. The zero-order chi connectivity index (χ0) is 13.6. The Bertz CT molecular complexity index is 455. The number of azide groups is 1. The van der Waals surface area contributed by atoms with Crippen LogP contribution in [0.5, 0.6) is 0 Å². The highest BCUT2D eigenvalue weighted by molar-refractivity contribution is 5.81. The van der Waals surface area contributed by atoms with Crippen molar-refractivity contribution in [2.45, 2.75) is 32.1 Å². The second-order valence-corrected chi connectivity index (χ2v) is 4.07. The summed E-state index contributed by atoms with van der Waals surface area (Å²) in [7, 11) is 0. The van der Waals surface area contributed by atoms with E-state index in [0.29, 0.717) is 0 Å². The van der Waals surface area contributed by atoms with Crippen molar-refractivity contribution in [3.63, 3.8) is 0 Å². The minimum Gasteiger partial charge on any atom is -0.460 e. The van der Waals surface area contributed by atoms with Gasteiger partial charge in [0.1, 0.15) is 6.61 Å². The molecule has 1 aromatic rings. The molecule has 6 heteroatoms. The summed E-state index contributed by atoms with van der Waals surface area (Å²) < 4.78 is 5.04. The van der Waals surface area contributed by atoms with E-state index in [1.165, 1.54) is 13.8 Å². The van der Waals surface area contributed by atoms with Gasteiger partial charge in [0, 0.05) is 4.91 Å². The summed E-state index contributed by atoms with van der Waals surface area (Å²) in [6.45, 7) is 2.78. The highest BCUT2D eigenvalue weighted by atomic mass is 16.5. The van der Waals surface area contributed by atoms with Crippen LogP contribution in [0.25, 0.3) is 10.4 Å². The Morgan fingerprint density at radius 2 is 2.17 bits per heavy atom. The van der Waals surface area contributed by atoms with Crippen LogP contribution >= 0.6 is 0 Å². The van der Waals surface area contributed by atoms with Gasteiger partial charge in [0.2, 0.25) is 0 Å². The number of ether oxygens (including phenoxy) is 1. The van der Waals surface area contributed by atoms with Gasteiger partial charge in [-0.3, -0.25) is 4.79 Å². The molecule has 1 rings (SSSR count). The van der Waals surface area contributed by atoms with E-state index in [4.69, 9.17) is 10.3 Å². The Kier molecular flexibility index (Phi) is 4.71. The van der Waals surface area contributed by atoms with Crippen molar-refractivity contribution >= 4 is 5.97 Å². The summed E-state index contributed by atoms with van der Waals surface area (Å²) in [6.07, 6.45) is -1.13. The largest absolute Gasteiger partial charge is 0.460 e. The summed E-state index contributed by atoms with van der Waals surface area (Å²) in [5.41, 5.74) is 7.64. The average molecular weight is 249 g/mol. The van der Waals surface area contributed by atoms with Gasteiger partial charge in [0.25, 0.3) is 0 Å². The number of rotatable bonds is 5.